The first-order chi connectivity index (χ1) is 16.1. The van der Waals surface area contributed by atoms with Crippen LogP contribution in [0.5, 0.6) is 5.75 Å². The molecule has 0 heterocycles. The Labute approximate surface area is 202 Å². The van der Waals surface area contributed by atoms with Gasteiger partial charge in [-0.2, -0.15) is 0 Å². The zero-order valence-electron chi connectivity index (χ0n) is 21.3. The van der Waals surface area contributed by atoms with E-state index in [1.165, 1.54) is 37.3 Å². The van der Waals surface area contributed by atoms with Crippen molar-refractivity contribution in [1.82, 2.24) is 5.32 Å². The van der Waals surface area contributed by atoms with E-state index in [9.17, 15) is 14.4 Å². The zero-order valence-corrected chi connectivity index (χ0v) is 21.3. The molecule has 1 fully saturated rings. The van der Waals surface area contributed by atoms with E-state index in [-0.39, 0.29) is 17.2 Å². The number of hydrogen-bond acceptors (Lipinski definition) is 6. The third kappa shape index (κ3) is 5.39. The van der Waals surface area contributed by atoms with E-state index in [4.69, 9.17) is 14.2 Å². The number of fused-ring (bicyclic) bond motifs is 4. The molecule has 1 N–H and O–H groups in total. The number of ether oxygens (including phenoxy) is 3. The molecule has 1 aromatic rings. The van der Waals surface area contributed by atoms with Gasteiger partial charge in [-0.15, -0.1) is 0 Å². The van der Waals surface area contributed by atoms with Gasteiger partial charge in [0.05, 0.1) is 0 Å². The van der Waals surface area contributed by atoms with Crippen LogP contribution in [-0.2, 0) is 30.9 Å². The smallest absolute Gasteiger partial charge is 0.426 e. The molecule has 34 heavy (non-hydrogen) atoms. The fourth-order valence-corrected chi connectivity index (χ4v) is 6.01. The van der Waals surface area contributed by atoms with Gasteiger partial charge in [0.15, 0.2) is 0 Å². The van der Waals surface area contributed by atoms with Crippen molar-refractivity contribution in [2.45, 2.75) is 85.1 Å². The van der Waals surface area contributed by atoms with Gasteiger partial charge >= 0.3 is 12.1 Å². The number of hydrogen-bond donors (Lipinski definition) is 1. The van der Waals surface area contributed by atoms with Gasteiger partial charge in [-0.05, 0) is 78.0 Å². The highest BCUT2D eigenvalue weighted by molar-refractivity contribution is 5.83. The summed E-state index contributed by atoms with van der Waals surface area (Å²) >= 11 is 0. The number of carbonyl (C=O) groups excluding carboxylic acids is 3. The Kier molecular flexibility index (Phi) is 8.26. The molecule has 5 atom stereocenters. The first-order valence-corrected chi connectivity index (χ1v) is 12.5. The first-order valence-electron chi connectivity index (χ1n) is 12.5. The molecule has 1 amide bonds. The number of rotatable bonds is 8. The third-order valence-corrected chi connectivity index (χ3v) is 8.03. The average Bonchev–Trinajstić information content (AvgIpc) is 2.76. The summed E-state index contributed by atoms with van der Waals surface area (Å²) in [7, 11) is 0. The standard InChI is InChI=1S/C27H39NO6/c1-7-8-21-11-9-19-13-20-10-12-22(14-23(20)27(21,6)17(19)4)34-26(31)33-15-32-25(30)24(16(2)3)28-18(5)29/h10,12,14,16-17,19,21,24H,7-9,11,13,15H2,1-6H3,(H,28,29)/t17-,19+,21-,24?,27+/m1/s1. The van der Waals surface area contributed by atoms with Crippen LogP contribution in [0.4, 0.5) is 4.79 Å². The fraction of sp³-hybridized carbons (Fsp3) is 0.667. The quantitative estimate of drug-likeness (QED) is 0.319. The van der Waals surface area contributed by atoms with Crippen LogP contribution in [0, 0.1) is 23.7 Å². The number of amides is 1. The van der Waals surface area contributed by atoms with Gasteiger partial charge in [-0.25, -0.2) is 9.59 Å². The second kappa shape index (κ2) is 10.8. The summed E-state index contributed by atoms with van der Waals surface area (Å²) in [6.07, 6.45) is 5.01. The van der Waals surface area contributed by atoms with Crippen molar-refractivity contribution in [3.8, 4) is 5.75 Å². The summed E-state index contributed by atoms with van der Waals surface area (Å²) in [5.41, 5.74) is 2.68. The molecular weight excluding hydrogens is 434 g/mol. The minimum absolute atomic E-state index is 0.0564. The van der Waals surface area contributed by atoms with Gasteiger partial charge in [0.1, 0.15) is 11.8 Å². The summed E-state index contributed by atoms with van der Waals surface area (Å²) in [4.78, 5) is 35.8. The van der Waals surface area contributed by atoms with Crippen molar-refractivity contribution in [3.63, 3.8) is 0 Å². The molecule has 1 unspecified atom stereocenters. The van der Waals surface area contributed by atoms with Gasteiger partial charge in [0, 0.05) is 6.92 Å². The van der Waals surface area contributed by atoms with Crippen molar-refractivity contribution in [2.75, 3.05) is 6.79 Å². The van der Waals surface area contributed by atoms with E-state index in [0.717, 1.165) is 12.8 Å². The van der Waals surface area contributed by atoms with Crippen LogP contribution in [0.3, 0.4) is 0 Å². The van der Waals surface area contributed by atoms with Crippen molar-refractivity contribution in [1.29, 1.82) is 0 Å². The molecule has 7 nitrogen and oxygen atoms in total. The van der Waals surface area contributed by atoms with Gasteiger partial charge in [0.2, 0.25) is 12.7 Å². The van der Waals surface area contributed by atoms with Crippen molar-refractivity contribution in [3.05, 3.63) is 29.3 Å². The van der Waals surface area contributed by atoms with E-state index in [2.05, 4.69) is 32.2 Å². The fourth-order valence-electron chi connectivity index (χ4n) is 6.01. The minimum atomic E-state index is -0.936. The number of carbonyl (C=O) groups is 3. The Morgan fingerprint density at radius 2 is 1.91 bits per heavy atom. The molecule has 2 aliphatic carbocycles. The Bertz CT molecular complexity index is 912. The van der Waals surface area contributed by atoms with Gasteiger partial charge in [-0.1, -0.05) is 47.1 Å². The van der Waals surface area contributed by atoms with Crippen molar-refractivity contribution < 1.29 is 28.6 Å². The molecule has 0 aliphatic heterocycles. The molecule has 0 saturated heterocycles. The number of esters is 1. The SMILES string of the molecule is CCC[C@@H]1CC[C@H]2Cc3ccc(OC(=O)OCOC(=O)C(NC(C)=O)C(C)C)cc3[C@@]1(C)[C@@H]2C. The molecular formula is C27H39NO6. The van der Waals surface area contributed by atoms with Gasteiger partial charge in [0.25, 0.3) is 0 Å². The second-order valence-electron chi connectivity index (χ2n) is 10.4. The van der Waals surface area contributed by atoms with E-state index >= 15 is 0 Å². The highest BCUT2D eigenvalue weighted by Crippen LogP contribution is 2.56. The topological polar surface area (TPSA) is 90.9 Å². The predicted octanol–water partition coefficient (Wildman–Crippen LogP) is 5.14. The van der Waals surface area contributed by atoms with Crippen LogP contribution in [0.15, 0.2) is 18.2 Å². The molecule has 1 aromatic carbocycles. The first kappa shape index (κ1) is 26.0. The minimum Gasteiger partial charge on any atom is -0.426 e. The Hall–Kier alpha value is -2.57. The molecule has 0 aromatic heterocycles. The van der Waals surface area contributed by atoms with Crippen LogP contribution < -0.4 is 10.1 Å². The lowest BCUT2D eigenvalue weighted by molar-refractivity contribution is -0.157. The summed E-state index contributed by atoms with van der Waals surface area (Å²) in [5, 5.41) is 2.54. The molecule has 2 bridgehead atoms. The van der Waals surface area contributed by atoms with Crippen molar-refractivity contribution in [2.24, 2.45) is 23.7 Å². The third-order valence-electron chi connectivity index (χ3n) is 8.03. The molecule has 1 saturated carbocycles. The van der Waals surface area contributed by atoms with Gasteiger partial charge in [-0.3, -0.25) is 4.79 Å². The highest BCUT2D eigenvalue weighted by Gasteiger charge is 2.50. The normalized spacial score (nSPS) is 26.3. The summed E-state index contributed by atoms with van der Waals surface area (Å²) in [5.74, 6) is 1.15. The van der Waals surface area contributed by atoms with E-state index in [0.29, 0.717) is 23.5 Å². The highest BCUT2D eigenvalue weighted by atomic mass is 16.8. The van der Waals surface area contributed by atoms with Gasteiger partial charge < -0.3 is 19.5 Å². The zero-order chi connectivity index (χ0) is 25.0. The maximum absolute atomic E-state index is 12.3. The lowest BCUT2D eigenvalue weighted by Crippen LogP contribution is -2.49. The van der Waals surface area contributed by atoms with Crippen molar-refractivity contribution >= 4 is 18.0 Å². The lowest BCUT2D eigenvalue weighted by Gasteiger charge is -2.54. The van der Waals surface area contributed by atoms with Crippen LogP contribution >= 0.6 is 0 Å². The lowest BCUT2D eigenvalue weighted by atomic mass is 9.50. The van der Waals surface area contributed by atoms with Crippen LogP contribution in [-0.4, -0.2) is 30.9 Å². The average molecular weight is 474 g/mol. The van der Waals surface area contributed by atoms with Crippen LogP contribution in [0.2, 0.25) is 0 Å². The molecule has 2 aliphatic rings. The Balaban J connectivity index is 1.64. The predicted molar refractivity (Wildman–Crippen MR) is 128 cm³/mol. The molecule has 7 heteroatoms. The van der Waals surface area contributed by atoms with E-state index in [1.807, 2.05) is 12.1 Å². The maximum Gasteiger partial charge on any atom is 0.516 e. The van der Waals surface area contributed by atoms with E-state index < -0.39 is 25.0 Å². The van der Waals surface area contributed by atoms with Crippen LogP contribution in [0.1, 0.15) is 78.4 Å². The summed E-state index contributed by atoms with van der Waals surface area (Å²) < 4.78 is 15.4. The van der Waals surface area contributed by atoms with Crippen LogP contribution in [0.25, 0.3) is 0 Å². The molecule has 3 rings (SSSR count). The Morgan fingerprint density at radius 3 is 2.56 bits per heavy atom. The maximum atomic E-state index is 12.3. The molecule has 0 radical (unpaired) electrons. The molecule has 0 spiro atoms. The van der Waals surface area contributed by atoms with E-state index in [1.54, 1.807) is 13.8 Å². The number of benzene rings is 1. The summed E-state index contributed by atoms with van der Waals surface area (Å²) in [6, 6.07) is 5.07. The molecule has 188 valence electrons. The second-order valence-corrected chi connectivity index (χ2v) is 10.4. The Morgan fingerprint density at radius 1 is 1.18 bits per heavy atom. The summed E-state index contributed by atoms with van der Waals surface area (Å²) in [6.45, 7) is 11.3. The number of nitrogens with one attached hydrogen (secondary N) is 1. The monoisotopic (exact) mass is 473 g/mol. The largest absolute Gasteiger partial charge is 0.516 e.